The fourth-order valence-corrected chi connectivity index (χ4v) is 2.59. The van der Waals surface area contributed by atoms with Crippen LogP contribution in [0.2, 0.25) is 0 Å². The molecule has 0 bridgehead atoms. The van der Waals surface area contributed by atoms with Gasteiger partial charge in [-0.15, -0.1) is 0 Å². The fraction of sp³-hybridized carbons (Fsp3) is 0.600. The molecular formula is C15H20N4O3. The van der Waals surface area contributed by atoms with Crippen molar-refractivity contribution in [2.75, 3.05) is 37.7 Å². The summed E-state index contributed by atoms with van der Waals surface area (Å²) in [5, 5.41) is 0. The molecule has 7 heteroatoms. The number of carbonyl (C=O) groups excluding carboxylic acids is 2. The number of hydrogen-bond acceptors (Lipinski definition) is 6. The highest BCUT2D eigenvalue weighted by Gasteiger charge is 2.40. The number of nitrogens with zero attached hydrogens (tertiary/aromatic N) is 4. The second-order valence-electron chi connectivity index (χ2n) is 5.84. The minimum atomic E-state index is -0.239. The number of hydrogen-bond donors (Lipinski definition) is 0. The topological polar surface area (TPSA) is 75.6 Å². The Kier molecular flexibility index (Phi) is 4.22. The van der Waals surface area contributed by atoms with E-state index in [0.717, 1.165) is 6.42 Å². The first-order valence-corrected chi connectivity index (χ1v) is 7.61. The summed E-state index contributed by atoms with van der Waals surface area (Å²) in [5.41, 5.74) is 0. The molecule has 1 aliphatic heterocycles. The summed E-state index contributed by atoms with van der Waals surface area (Å²) >= 11 is 0. The summed E-state index contributed by atoms with van der Waals surface area (Å²) in [4.78, 5) is 35.9. The molecule has 1 aliphatic carbocycles. The van der Waals surface area contributed by atoms with E-state index in [1.807, 2.05) is 11.8 Å². The van der Waals surface area contributed by atoms with Crippen LogP contribution in [0.3, 0.4) is 0 Å². The minimum absolute atomic E-state index is 0.000114. The third-order valence-corrected chi connectivity index (χ3v) is 4.22. The zero-order valence-corrected chi connectivity index (χ0v) is 12.6. The quantitative estimate of drug-likeness (QED) is 0.746. The molecule has 2 fully saturated rings. The molecule has 1 aromatic rings. The molecule has 0 radical (unpaired) electrons. The van der Waals surface area contributed by atoms with E-state index in [4.69, 9.17) is 4.74 Å². The number of esters is 1. The highest BCUT2D eigenvalue weighted by atomic mass is 16.5. The second-order valence-corrected chi connectivity index (χ2v) is 5.84. The fourth-order valence-electron chi connectivity index (χ4n) is 2.59. The normalized spacial score (nSPS) is 24.0. The van der Waals surface area contributed by atoms with Crippen LogP contribution in [0.25, 0.3) is 0 Å². The highest BCUT2D eigenvalue weighted by Crippen LogP contribution is 2.38. The predicted octanol–water partition coefficient (Wildman–Crippen LogP) is 0.324. The third-order valence-electron chi connectivity index (χ3n) is 4.22. The highest BCUT2D eigenvalue weighted by molar-refractivity contribution is 5.82. The predicted molar refractivity (Wildman–Crippen MR) is 79.1 cm³/mol. The molecule has 1 amide bonds. The van der Waals surface area contributed by atoms with Gasteiger partial charge in [0.15, 0.2) is 6.61 Å². The average molecular weight is 304 g/mol. The van der Waals surface area contributed by atoms with Crippen LogP contribution in [0.5, 0.6) is 0 Å². The van der Waals surface area contributed by atoms with Gasteiger partial charge in [0.2, 0.25) is 5.95 Å². The monoisotopic (exact) mass is 304 g/mol. The molecule has 2 aliphatic rings. The molecule has 1 saturated heterocycles. The van der Waals surface area contributed by atoms with Crippen molar-refractivity contribution in [2.45, 2.75) is 13.3 Å². The molecule has 0 aromatic carbocycles. The van der Waals surface area contributed by atoms with Crippen molar-refractivity contribution in [3.63, 3.8) is 0 Å². The maximum absolute atomic E-state index is 12.1. The van der Waals surface area contributed by atoms with Gasteiger partial charge in [0.25, 0.3) is 5.91 Å². The Hall–Kier alpha value is -2.18. The van der Waals surface area contributed by atoms with Crippen molar-refractivity contribution < 1.29 is 14.3 Å². The first-order valence-electron chi connectivity index (χ1n) is 7.61. The van der Waals surface area contributed by atoms with E-state index in [1.165, 1.54) is 0 Å². The molecule has 22 heavy (non-hydrogen) atoms. The lowest BCUT2D eigenvalue weighted by atomic mass is 10.3. The zero-order valence-electron chi connectivity index (χ0n) is 12.6. The number of amides is 1. The molecule has 0 unspecified atom stereocenters. The Morgan fingerprint density at radius 1 is 1.23 bits per heavy atom. The van der Waals surface area contributed by atoms with Crippen molar-refractivity contribution in [3.05, 3.63) is 18.5 Å². The van der Waals surface area contributed by atoms with Crippen LogP contribution in [0, 0.1) is 11.8 Å². The van der Waals surface area contributed by atoms with Crippen molar-refractivity contribution in [3.8, 4) is 0 Å². The summed E-state index contributed by atoms with van der Waals surface area (Å²) in [6.45, 7) is 4.41. The number of anilines is 1. The lowest BCUT2D eigenvalue weighted by Crippen LogP contribution is -2.50. The van der Waals surface area contributed by atoms with Gasteiger partial charge in [-0.25, -0.2) is 9.97 Å². The molecule has 0 N–H and O–H groups in total. The molecule has 118 valence electrons. The summed E-state index contributed by atoms with van der Waals surface area (Å²) in [7, 11) is 0. The Bertz CT molecular complexity index is 543. The van der Waals surface area contributed by atoms with E-state index in [9.17, 15) is 9.59 Å². The molecule has 7 nitrogen and oxygen atoms in total. The van der Waals surface area contributed by atoms with E-state index in [0.29, 0.717) is 38.0 Å². The van der Waals surface area contributed by atoms with Crippen LogP contribution in [-0.2, 0) is 14.3 Å². The van der Waals surface area contributed by atoms with E-state index < -0.39 is 0 Å². The maximum atomic E-state index is 12.1. The lowest BCUT2D eigenvalue weighted by Gasteiger charge is -2.34. The summed E-state index contributed by atoms with van der Waals surface area (Å²) in [6, 6.07) is 1.78. The van der Waals surface area contributed by atoms with Gasteiger partial charge < -0.3 is 14.5 Å². The van der Waals surface area contributed by atoms with Crippen molar-refractivity contribution >= 4 is 17.8 Å². The first-order chi connectivity index (χ1) is 10.6. The SMILES string of the molecule is C[C@H]1C[C@@H]1C(=O)OCC(=O)N1CCN(c2ncccn2)CC1. The van der Waals surface area contributed by atoms with Crippen LogP contribution in [0.1, 0.15) is 13.3 Å². The molecule has 0 spiro atoms. The number of rotatable bonds is 4. The Morgan fingerprint density at radius 2 is 1.86 bits per heavy atom. The van der Waals surface area contributed by atoms with Gasteiger partial charge in [-0.1, -0.05) is 6.92 Å². The van der Waals surface area contributed by atoms with Crippen molar-refractivity contribution in [1.82, 2.24) is 14.9 Å². The molecular weight excluding hydrogens is 284 g/mol. The van der Waals surface area contributed by atoms with Crippen LogP contribution in [-0.4, -0.2) is 59.5 Å². The van der Waals surface area contributed by atoms with Crippen molar-refractivity contribution in [2.24, 2.45) is 11.8 Å². The number of piperazine rings is 1. The number of ether oxygens (including phenoxy) is 1. The first kappa shape index (κ1) is 14.7. The maximum Gasteiger partial charge on any atom is 0.309 e. The van der Waals surface area contributed by atoms with Gasteiger partial charge in [-0.2, -0.15) is 0 Å². The average Bonchev–Trinajstić information content (AvgIpc) is 3.30. The second kappa shape index (κ2) is 6.29. The lowest BCUT2D eigenvalue weighted by molar-refractivity contribution is -0.153. The van der Waals surface area contributed by atoms with Gasteiger partial charge in [0, 0.05) is 38.6 Å². The number of carbonyl (C=O) groups is 2. The van der Waals surface area contributed by atoms with Crippen LogP contribution < -0.4 is 4.90 Å². The van der Waals surface area contributed by atoms with Crippen LogP contribution in [0.15, 0.2) is 18.5 Å². The van der Waals surface area contributed by atoms with Gasteiger partial charge in [-0.05, 0) is 18.4 Å². The Balaban J connectivity index is 1.43. The molecule has 1 saturated carbocycles. The summed E-state index contributed by atoms with van der Waals surface area (Å²) in [5.74, 6) is 0.716. The van der Waals surface area contributed by atoms with E-state index in [1.54, 1.807) is 23.4 Å². The zero-order chi connectivity index (χ0) is 15.5. The summed E-state index contributed by atoms with van der Waals surface area (Å²) < 4.78 is 5.09. The molecule has 2 heterocycles. The van der Waals surface area contributed by atoms with Gasteiger partial charge >= 0.3 is 5.97 Å². The van der Waals surface area contributed by atoms with E-state index in [-0.39, 0.29) is 24.4 Å². The standard InChI is InChI=1S/C15H20N4O3/c1-11-9-12(11)14(21)22-10-13(20)18-5-7-19(8-6-18)15-16-3-2-4-17-15/h2-4,11-12H,5-10H2,1H3/t11-,12-/m0/s1. The Labute approximate surface area is 129 Å². The minimum Gasteiger partial charge on any atom is -0.455 e. The van der Waals surface area contributed by atoms with Crippen molar-refractivity contribution in [1.29, 1.82) is 0 Å². The number of aromatic nitrogens is 2. The van der Waals surface area contributed by atoms with Gasteiger partial charge in [-0.3, -0.25) is 9.59 Å². The molecule has 2 atom stereocenters. The van der Waals surface area contributed by atoms with E-state index in [2.05, 4.69) is 9.97 Å². The summed E-state index contributed by atoms with van der Waals surface area (Å²) in [6.07, 6.45) is 4.29. The third kappa shape index (κ3) is 3.35. The molecule has 1 aromatic heterocycles. The van der Waals surface area contributed by atoms with Gasteiger partial charge in [0.05, 0.1) is 5.92 Å². The van der Waals surface area contributed by atoms with Crippen LogP contribution >= 0.6 is 0 Å². The van der Waals surface area contributed by atoms with Crippen LogP contribution in [0.4, 0.5) is 5.95 Å². The van der Waals surface area contributed by atoms with Gasteiger partial charge in [0.1, 0.15) is 0 Å². The largest absolute Gasteiger partial charge is 0.455 e. The Morgan fingerprint density at radius 3 is 2.45 bits per heavy atom. The smallest absolute Gasteiger partial charge is 0.309 e. The van der Waals surface area contributed by atoms with E-state index >= 15 is 0 Å². The molecule has 3 rings (SSSR count).